The number of nitrogens with one attached hydrogen (secondary N) is 2. The Bertz CT molecular complexity index is 782. The van der Waals surface area contributed by atoms with Gasteiger partial charge in [-0.2, -0.15) is 0 Å². The number of piperidine rings is 1. The molecule has 1 aliphatic heterocycles. The van der Waals surface area contributed by atoms with Crippen LogP contribution in [-0.2, 0) is 10.0 Å². The largest absolute Gasteiger partial charge is 0.347 e. The van der Waals surface area contributed by atoms with E-state index in [0.717, 1.165) is 25.5 Å². The minimum atomic E-state index is -3.30. The number of hydrogen-bond donors (Lipinski definition) is 2. The number of likely N-dealkylation sites (tertiary alicyclic amines) is 1. The molecule has 0 bridgehead atoms. The van der Waals surface area contributed by atoms with E-state index in [0.29, 0.717) is 17.7 Å². The lowest BCUT2D eigenvalue weighted by atomic mass is 10.0. The molecule has 0 aliphatic carbocycles. The van der Waals surface area contributed by atoms with Crippen molar-refractivity contribution >= 4 is 21.8 Å². The molecule has 27 heavy (non-hydrogen) atoms. The molecule has 1 unspecified atom stereocenters. The second-order valence-corrected chi connectivity index (χ2v) is 9.88. The minimum absolute atomic E-state index is 0.141. The van der Waals surface area contributed by atoms with Crippen LogP contribution in [0.15, 0.2) is 24.3 Å². The molecule has 150 valence electrons. The standard InChI is InChI=1S/C19H29N3O4S/c1-19(2,3)21-17(23)14-8-10-15(11-9-14)18(24)22-12-6-5-7-16(22)13-20-27(4,25)26/h8-11,16,20H,5-7,12-13H2,1-4H3,(H,21,23). The fourth-order valence-corrected chi connectivity index (χ4v) is 3.57. The molecule has 1 aromatic carbocycles. The highest BCUT2D eigenvalue weighted by Crippen LogP contribution is 2.20. The Morgan fingerprint density at radius 2 is 1.70 bits per heavy atom. The Morgan fingerprint density at radius 3 is 2.26 bits per heavy atom. The average molecular weight is 396 g/mol. The van der Waals surface area contributed by atoms with Crippen LogP contribution < -0.4 is 10.0 Å². The third-order valence-electron chi connectivity index (χ3n) is 4.35. The first-order valence-electron chi connectivity index (χ1n) is 9.14. The van der Waals surface area contributed by atoms with Gasteiger partial charge in [-0.05, 0) is 64.3 Å². The fourth-order valence-electron chi connectivity index (χ4n) is 3.07. The van der Waals surface area contributed by atoms with Gasteiger partial charge in [0.15, 0.2) is 0 Å². The van der Waals surface area contributed by atoms with E-state index in [-0.39, 0.29) is 29.9 Å². The Balaban J connectivity index is 2.09. The molecule has 1 saturated heterocycles. The molecule has 7 nitrogen and oxygen atoms in total. The van der Waals surface area contributed by atoms with Crippen molar-refractivity contribution in [3.8, 4) is 0 Å². The summed E-state index contributed by atoms with van der Waals surface area (Å²) >= 11 is 0. The first kappa shape index (κ1) is 21.4. The van der Waals surface area contributed by atoms with Crippen LogP contribution in [0.3, 0.4) is 0 Å². The highest BCUT2D eigenvalue weighted by molar-refractivity contribution is 7.88. The third-order valence-corrected chi connectivity index (χ3v) is 5.04. The lowest BCUT2D eigenvalue weighted by molar-refractivity contribution is 0.0618. The van der Waals surface area contributed by atoms with Crippen LogP contribution in [0.2, 0.25) is 0 Å². The highest BCUT2D eigenvalue weighted by atomic mass is 32.2. The van der Waals surface area contributed by atoms with E-state index in [1.807, 2.05) is 20.8 Å². The molecule has 1 heterocycles. The molecule has 0 saturated carbocycles. The maximum atomic E-state index is 12.9. The van der Waals surface area contributed by atoms with Crippen molar-refractivity contribution < 1.29 is 18.0 Å². The van der Waals surface area contributed by atoms with Gasteiger partial charge in [0.05, 0.1) is 6.26 Å². The summed E-state index contributed by atoms with van der Waals surface area (Å²) in [5.74, 6) is -0.326. The predicted octanol–water partition coefficient (Wildman–Crippen LogP) is 1.76. The van der Waals surface area contributed by atoms with Crippen LogP contribution in [0, 0.1) is 0 Å². The highest BCUT2D eigenvalue weighted by Gasteiger charge is 2.28. The Kier molecular flexibility index (Phi) is 6.64. The van der Waals surface area contributed by atoms with E-state index in [4.69, 9.17) is 0 Å². The van der Waals surface area contributed by atoms with E-state index in [9.17, 15) is 18.0 Å². The molecule has 0 aromatic heterocycles. The third kappa shape index (κ3) is 6.62. The molecule has 1 aliphatic rings. The number of benzene rings is 1. The van der Waals surface area contributed by atoms with Crippen LogP contribution in [0.5, 0.6) is 0 Å². The predicted molar refractivity (Wildman–Crippen MR) is 105 cm³/mol. The number of amides is 2. The Morgan fingerprint density at radius 1 is 1.11 bits per heavy atom. The summed E-state index contributed by atoms with van der Waals surface area (Å²) < 4.78 is 25.2. The Hall–Kier alpha value is -1.93. The number of carbonyl (C=O) groups excluding carboxylic acids is 2. The van der Waals surface area contributed by atoms with E-state index >= 15 is 0 Å². The van der Waals surface area contributed by atoms with E-state index in [2.05, 4.69) is 10.0 Å². The van der Waals surface area contributed by atoms with E-state index in [1.54, 1.807) is 29.2 Å². The van der Waals surface area contributed by atoms with Crippen molar-refractivity contribution in [2.75, 3.05) is 19.3 Å². The number of sulfonamides is 1. The molecular weight excluding hydrogens is 366 g/mol. The number of carbonyl (C=O) groups is 2. The first-order chi connectivity index (χ1) is 12.5. The van der Waals surface area contributed by atoms with Gasteiger partial charge in [-0.15, -0.1) is 0 Å². The van der Waals surface area contributed by atoms with E-state index < -0.39 is 10.0 Å². The summed E-state index contributed by atoms with van der Waals surface area (Å²) in [6.45, 7) is 6.54. The molecule has 1 aromatic rings. The SMILES string of the molecule is CC(C)(C)NC(=O)c1ccc(C(=O)N2CCCCC2CNS(C)(=O)=O)cc1. The second kappa shape index (κ2) is 8.39. The van der Waals surface area contributed by atoms with Gasteiger partial charge in [-0.3, -0.25) is 9.59 Å². The van der Waals surface area contributed by atoms with Gasteiger partial charge in [-0.1, -0.05) is 0 Å². The number of nitrogens with zero attached hydrogens (tertiary/aromatic N) is 1. The van der Waals surface area contributed by atoms with Gasteiger partial charge in [-0.25, -0.2) is 13.1 Å². The first-order valence-corrected chi connectivity index (χ1v) is 11.0. The summed E-state index contributed by atoms with van der Waals surface area (Å²) in [6, 6.07) is 6.42. The molecule has 1 atom stereocenters. The van der Waals surface area contributed by atoms with Crippen LogP contribution in [0.4, 0.5) is 0 Å². The van der Waals surface area contributed by atoms with Gasteiger partial charge in [0.2, 0.25) is 10.0 Å². The maximum absolute atomic E-state index is 12.9. The summed E-state index contributed by atoms with van der Waals surface area (Å²) in [7, 11) is -3.30. The van der Waals surface area contributed by atoms with Crippen LogP contribution >= 0.6 is 0 Å². The minimum Gasteiger partial charge on any atom is -0.347 e. The van der Waals surface area contributed by atoms with Gasteiger partial charge in [0, 0.05) is 35.8 Å². The molecule has 2 amide bonds. The van der Waals surface area contributed by atoms with Gasteiger partial charge >= 0.3 is 0 Å². The smallest absolute Gasteiger partial charge is 0.254 e. The summed E-state index contributed by atoms with van der Waals surface area (Å²) in [6.07, 6.45) is 3.74. The van der Waals surface area contributed by atoms with Crippen molar-refractivity contribution in [2.24, 2.45) is 0 Å². The summed E-state index contributed by atoms with van der Waals surface area (Å²) in [4.78, 5) is 26.8. The molecule has 8 heteroatoms. The monoisotopic (exact) mass is 395 g/mol. The summed E-state index contributed by atoms with van der Waals surface area (Å²) in [5, 5.41) is 2.89. The van der Waals surface area contributed by atoms with Crippen LogP contribution in [0.25, 0.3) is 0 Å². The molecule has 2 rings (SSSR count). The Labute approximate surface area is 161 Å². The fraction of sp³-hybridized carbons (Fsp3) is 0.579. The van der Waals surface area contributed by atoms with Crippen molar-refractivity contribution in [3.63, 3.8) is 0 Å². The molecule has 2 N–H and O–H groups in total. The lowest BCUT2D eigenvalue weighted by Crippen LogP contribution is -2.49. The molecule has 0 spiro atoms. The maximum Gasteiger partial charge on any atom is 0.254 e. The molecule has 0 radical (unpaired) electrons. The van der Waals surface area contributed by atoms with Crippen LogP contribution in [-0.4, -0.2) is 56.1 Å². The van der Waals surface area contributed by atoms with Crippen molar-refractivity contribution in [3.05, 3.63) is 35.4 Å². The van der Waals surface area contributed by atoms with Crippen LogP contribution in [0.1, 0.15) is 60.7 Å². The lowest BCUT2D eigenvalue weighted by Gasteiger charge is -2.36. The normalized spacial score (nSPS) is 18.2. The quantitative estimate of drug-likeness (QED) is 0.794. The zero-order chi connectivity index (χ0) is 20.2. The summed E-state index contributed by atoms with van der Waals surface area (Å²) in [5.41, 5.74) is 0.656. The van der Waals surface area contributed by atoms with Gasteiger partial charge in [0.1, 0.15) is 0 Å². The molecule has 1 fully saturated rings. The van der Waals surface area contributed by atoms with E-state index in [1.165, 1.54) is 0 Å². The second-order valence-electron chi connectivity index (χ2n) is 8.05. The zero-order valence-electron chi connectivity index (χ0n) is 16.4. The number of rotatable bonds is 5. The average Bonchev–Trinajstić information content (AvgIpc) is 2.57. The number of hydrogen-bond acceptors (Lipinski definition) is 4. The van der Waals surface area contributed by atoms with Crippen molar-refractivity contribution in [2.45, 2.75) is 51.6 Å². The van der Waals surface area contributed by atoms with Crippen molar-refractivity contribution in [1.82, 2.24) is 14.9 Å². The zero-order valence-corrected chi connectivity index (χ0v) is 17.2. The van der Waals surface area contributed by atoms with Crippen molar-refractivity contribution in [1.29, 1.82) is 0 Å². The van der Waals surface area contributed by atoms with Gasteiger partial charge < -0.3 is 10.2 Å². The van der Waals surface area contributed by atoms with Gasteiger partial charge in [0.25, 0.3) is 11.8 Å². The topological polar surface area (TPSA) is 95.6 Å². The molecular formula is C19H29N3O4S.